The van der Waals surface area contributed by atoms with Gasteiger partial charge in [0, 0.05) is 42.2 Å². The molecule has 6 heterocycles. The molecule has 13 heteroatoms. The Bertz CT molecular complexity index is 1780. The third-order valence-corrected chi connectivity index (χ3v) is 8.35. The van der Waals surface area contributed by atoms with Gasteiger partial charge in [0.15, 0.2) is 11.2 Å². The number of pyridine rings is 1. The Morgan fingerprint density at radius 1 is 1.14 bits per heavy atom. The van der Waals surface area contributed by atoms with Crippen molar-refractivity contribution in [3.8, 4) is 5.88 Å². The molecule has 13 nitrogen and oxygen atoms in total. The first-order chi connectivity index (χ1) is 20.8. The second-order valence-corrected chi connectivity index (χ2v) is 11.9. The van der Waals surface area contributed by atoms with Crippen molar-refractivity contribution in [3.63, 3.8) is 0 Å². The van der Waals surface area contributed by atoms with E-state index in [9.17, 15) is 9.59 Å². The van der Waals surface area contributed by atoms with E-state index in [1.54, 1.807) is 24.1 Å². The Morgan fingerprint density at radius 3 is 2.74 bits per heavy atom. The molecule has 4 aliphatic rings. The Kier molecular flexibility index (Phi) is 5.86. The summed E-state index contributed by atoms with van der Waals surface area (Å²) in [6.07, 6.45) is 8.28. The lowest BCUT2D eigenvalue weighted by Gasteiger charge is -2.34. The molecule has 2 atom stereocenters. The molecule has 4 fully saturated rings. The van der Waals surface area contributed by atoms with Crippen LogP contribution in [0.25, 0.3) is 5.65 Å². The van der Waals surface area contributed by atoms with Crippen LogP contribution in [-0.2, 0) is 20.9 Å². The van der Waals surface area contributed by atoms with Crippen molar-refractivity contribution in [2.75, 3.05) is 30.0 Å². The lowest BCUT2D eigenvalue weighted by atomic mass is 10.0. The summed E-state index contributed by atoms with van der Waals surface area (Å²) in [5.41, 5.74) is 3.52. The number of aromatic nitrogens is 6. The van der Waals surface area contributed by atoms with Crippen LogP contribution in [0.2, 0.25) is 0 Å². The minimum absolute atomic E-state index is 0.00827. The predicted octanol–water partition coefficient (Wildman–Crippen LogP) is 3.46. The molecule has 0 bridgehead atoms. The van der Waals surface area contributed by atoms with E-state index in [-0.39, 0.29) is 30.4 Å². The number of imidazole rings is 1. The summed E-state index contributed by atoms with van der Waals surface area (Å²) in [7, 11) is 0. The fraction of sp³-hybridized carbons (Fsp3) is 0.433. The molecule has 43 heavy (non-hydrogen) atoms. The number of ether oxygens (including phenoxy) is 3. The molecule has 220 valence electrons. The van der Waals surface area contributed by atoms with Crippen LogP contribution in [-0.4, -0.2) is 66.7 Å². The van der Waals surface area contributed by atoms with Gasteiger partial charge in [-0.2, -0.15) is 4.98 Å². The Morgan fingerprint density at radius 2 is 2.00 bits per heavy atom. The highest BCUT2D eigenvalue weighted by molar-refractivity contribution is 5.95. The number of aryl methyl sites for hydroxylation is 2. The molecule has 2 saturated heterocycles. The molecule has 0 radical (unpaired) electrons. The van der Waals surface area contributed by atoms with Gasteiger partial charge in [0.25, 0.3) is 0 Å². The predicted molar refractivity (Wildman–Crippen MR) is 152 cm³/mol. The van der Waals surface area contributed by atoms with E-state index < -0.39 is 5.60 Å². The molecular formula is C30H30N8O5. The first-order valence-electron chi connectivity index (χ1n) is 14.5. The molecule has 2 unspecified atom stereocenters. The van der Waals surface area contributed by atoms with Gasteiger partial charge in [-0.3, -0.25) is 9.69 Å². The zero-order valence-electron chi connectivity index (χ0n) is 23.8. The summed E-state index contributed by atoms with van der Waals surface area (Å²) < 4.78 is 19.0. The van der Waals surface area contributed by atoms with E-state index in [1.165, 1.54) is 5.56 Å². The maximum absolute atomic E-state index is 12.9. The lowest BCUT2D eigenvalue weighted by molar-refractivity contribution is -0.155. The van der Waals surface area contributed by atoms with Crippen LogP contribution in [0.15, 0.2) is 36.8 Å². The number of anilines is 2. The SMILES string of the molecule is Cc1ccnc(C2CC2C(=O)Nc2cc(OCc3cn4cc(C5CC5)cc(N5CC6(COC6)OC5=O)c4n3)nc(C)n2)n1. The van der Waals surface area contributed by atoms with Crippen molar-refractivity contribution >= 4 is 29.2 Å². The maximum Gasteiger partial charge on any atom is 0.415 e. The van der Waals surface area contributed by atoms with Crippen molar-refractivity contribution in [2.24, 2.45) is 5.92 Å². The third-order valence-electron chi connectivity index (χ3n) is 8.35. The largest absolute Gasteiger partial charge is 0.471 e. The quantitative estimate of drug-likeness (QED) is 0.328. The fourth-order valence-electron chi connectivity index (χ4n) is 5.81. The van der Waals surface area contributed by atoms with Crippen molar-refractivity contribution in [1.82, 2.24) is 29.3 Å². The first kappa shape index (κ1) is 26.0. The number of hydrogen-bond donors (Lipinski definition) is 1. The summed E-state index contributed by atoms with van der Waals surface area (Å²) in [5.74, 6) is 2.02. The monoisotopic (exact) mass is 582 g/mol. The second kappa shape index (κ2) is 9.69. The molecule has 2 aliphatic heterocycles. The van der Waals surface area contributed by atoms with Gasteiger partial charge in [-0.05, 0) is 56.7 Å². The molecule has 1 spiro atoms. The first-order valence-corrected chi connectivity index (χ1v) is 14.5. The number of fused-ring (bicyclic) bond motifs is 1. The van der Waals surface area contributed by atoms with E-state index >= 15 is 0 Å². The summed E-state index contributed by atoms with van der Waals surface area (Å²) in [6, 6.07) is 5.51. The third kappa shape index (κ3) is 4.92. The van der Waals surface area contributed by atoms with Crippen molar-refractivity contribution in [3.05, 3.63) is 65.4 Å². The van der Waals surface area contributed by atoms with E-state index in [0.717, 1.165) is 24.2 Å². The number of nitrogens with zero attached hydrogens (tertiary/aromatic N) is 7. The number of carbonyl (C=O) groups is 2. The molecule has 2 aliphatic carbocycles. The van der Waals surface area contributed by atoms with Crippen LogP contribution < -0.4 is 15.0 Å². The summed E-state index contributed by atoms with van der Waals surface area (Å²) in [4.78, 5) is 49.8. The van der Waals surface area contributed by atoms with Gasteiger partial charge in [-0.25, -0.2) is 24.7 Å². The maximum atomic E-state index is 12.9. The number of hydrogen-bond acceptors (Lipinski definition) is 10. The molecule has 4 aromatic heterocycles. The highest BCUT2D eigenvalue weighted by atomic mass is 16.6. The zero-order valence-corrected chi connectivity index (χ0v) is 23.8. The average Bonchev–Trinajstić information content (AvgIpc) is 3.88. The Hall–Kier alpha value is -4.65. The van der Waals surface area contributed by atoms with Crippen molar-refractivity contribution in [2.45, 2.75) is 57.2 Å². The molecule has 8 rings (SSSR count). The molecular weight excluding hydrogens is 552 g/mol. The molecule has 2 amide bonds. The van der Waals surface area contributed by atoms with Gasteiger partial charge in [-0.1, -0.05) is 0 Å². The van der Waals surface area contributed by atoms with E-state index in [4.69, 9.17) is 19.2 Å². The minimum Gasteiger partial charge on any atom is -0.471 e. The molecule has 1 N–H and O–H groups in total. The topological polar surface area (TPSA) is 146 Å². The van der Waals surface area contributed by atoms with E-state index in [2.05, 4.69) is 37.5 Å². The van der Waals surface area contributed by atoms with Gasteiger partial charge in [0.05, 0.1) is 31.1 Å². The summed E-state index contributed by atoms with van der Waals surface area (Å²) in [5, 5.41) is 2.90. The van der Waals surface area contributed by atoms with Crippen LogP contribution in [0.5, 0.6) is 5.88 Å². The number of rotatable bonds is 8. The van der Waals surface area contributed by atoms with Crippen LogP contribution in [0.3, 0.4) is 0 Å². The number of nitrogens with one attached hydrogen (secondary N) is 1. The van der Waals surface area contributed by atoms with Gasteiger partial charge in [0.2, 0.25) is 11.8 Å². The average molecular weight is 583 g/mol. The number of amides is 2. The minimum atomic E-state index is -0.574. The van der Waals surface area contributed by atoms with Crippen LogP contribution in [0.4, 0.5) is 16.3 Å². The van der Waals surface area contributed by atoms with Gasteiger partial charge < -0.3 is 23.9 Å². The second-order valence-electron chi connectivity index (χ2n) is 11.9. The van der Waals surface area contributed by atoms with E-state index in [1.807, 2.05) is 23.6 Å². The van der Waals surface area contributed by atoms with Gasteiger partial charge >= 0.3 is 6.09 Å². The summed E-state index contributed by atoms with van der Waals surface area (Å²) in [6.45, 7) is 5.04. The van der Waals surface area contributed by atoms with E-state index in [0.29, 0.717) is 66.8 Å². The highest BCUT2D eigenvalue weighted by Gasteiger charge is 2.52. The van der Waals surface area contributed by atoms with Crippen molar-refractivity contribution < 1.29 is 23.8 Å². The van der Waals surface area contributed by atoms with Gasteiger partial charge in [0.1, 0.15) is 24.1 Å². The standard InChI is InChI=1S/C30H30N8O5/c1-16-5-6-31-26(32-16)21-8-22(21)28(39)36-24-9-25(34-17(2)33-24)42-12-20-11-37-10-19(18-3-4-18)7-23(27(37)35-20)38-13-30(14-41-15-30)43-29(38)40/h5-7,9-11,18,21-22H,3-4,8,12-15H2,1-2H3,(H,33,34,36,39). The Labute approximate surface area is 246 Å². The van der Waals surface area contributed by atoms with Crippen LogP contribution >= 0.6 is 0 Å². The summed E-state index contributed by atoms with van der Waals surface area (Å²) >= 11 is 0. The van der Waals surface area contributed by atoms with Crippen molar-refractivity contribution in [1.29, 1.82) is 0 Å². The zero-order chi connectivity index (χ0) is 29.3. The van der Waals surface area contributed by atoms with Crippen LogP contribution in [0.1, 0.15) is 59.7 Å². The normalized spacial score (nSPS) is 22.0. The molecule has 0 aromatic carbocycles. The highest BCUT2D eigenvalue weighted by Crippen LogP contribution is 2.46. The van der Waals surface area contributed by atoms with Crippen LogP contribution in [0, 0.1) is 19.8 Å². The smallest absolute Gasteiger partial charge is 0.415 e. The lowest BCUT2D eigenvalue weighted by Crippen LogP contribution is -2.52. The van der Waals surface area contributed by atoms with Gasteiger partial charge in [-0.15, -0.1) is 0 Å². The Balaban J connectivity index is 0.985. The fourth-order valence-corrected chi connectivity index (χ4v) is 5.81. The number of carbonyl (C=O) groups excluding carboxylic acids is 2. The molecule has 4 aromatic rings. The molecule has 2 saturated carbocycles.